The van der Waals surface area contributed by atoms with E-state index in [1.165, 1.54) is 11.0 Å². The van der Waals surface area contributed by atoms with Crippen molar-refractivity contribution in [1.29, 1.82) is 0 Å². The van der Waals surface area contributed by atoms with Crippen LogP contribution in [0.15, 0.2) is 35.7 Å². The van der Waals surface area contributed by atoms with Crippen LogP contribution in [0.5, 0.6) is 0 Å². The van der Waals surface area contributed by atoms with Gasteiger partial charge in [0.05, 0.1) is 29.8 Å². The van der Waals surface area contributed by atoms with Gasteiger partial charge in [-0.2, -0.15) is 0 Å². The molecule has 140 valence electrons. The zero-order valence-corrected chi connectivity index (χ0v) is 15.8. The number of amides is 3. The first-order valence-corrected chi connectivity index (χ1v) is 9.88. The summed E-state index contributed by atoms with van der Waals surface area (Å²) in [5, 5.41) is 4.89. The lowest BCUT2D eigenvalue weighted by atomic mass is 10.0. The molecular weight excluding hydrogens is 364 g/mol. The normalized spacial score (nSPS) is 20.0. The summed E-state index contributed by atoms with van der Waals surface area (Å²) in [4.78, 5) is 40.1. The third-order valence-corrected chi connectivity index (χ3v) is 6.02. The Bertz CT molecular complexity index is 887. The zero-order chi connectivity index (χ0) is 19.0. The van der Waals surface area contributed by atoms with Crippen molar-refractivity contribution in [1.82, 2.24) is 10.2 Å². The van der Waals surface area contributed by atoms with E-state index in [9.17, 15) is 14.4 Å². The molecule has 0 spiro atoms. The quantitative estimate of drug-likeness (QED) is 0.804. The van der Waals surface area contributed by atoms with Gasteiger partial charge in [-0.15, -0.1) is 11.3 Å². The number of ether oxygens (including phenoxy) is 1. The van der Waals surface area contributed by atoms with Crippen LogP contribution in [0, 0.1) is 0 Å². The number of nitrogens with one attached hydrogen (secondary N) is 1. The summed E-state index contributed by atoms with van der Waals surface area (Å²) in [5.74, 6) is -0.938. The number of imide groups is 1. The number of nitrogens with zero attached hydrogens (tertiary/aromatic N) is 1. The van der Waals surface area contributed by atoms with Gasteiger partial charge in [0.2, 0.25) is 0 Å². The van der Waals surface area contributed by atoms with Crippen molar-refractivity contribution in [2.75, 3.05) is 13.2 Å². The van der Waals surface area contributed by atoms with Crippen LogP contribution in [0.3, 0.4) is 0 Å². The Labute approximate surface area is 161 Å². The van der Waals surface area contributed by atoms with E-state index in [0.717, 1.165) is 17.7 Å². The molecule has 2 unspecified atom stereocenters. The van der Waals surface area contributed by atoms with Crippen molar-refractivity contribution >= 4 is 29.1 Å². The van der Waals surface area contributed by atoms with Crippen molar-refractivity contribution in [3.8, 4) is 0 Å². The fourth-order valence-corrected chi connectivity index (χ4v) is 4.21. The van der Waals surface area contributed by atoms with Gasteiger partial charge in [-0.05, 0) is 49.4 Å². The Hall–Kier alpha value is -2.51. The molecule has 2 aliphatic heterocycles. The lowest BCUT2D eigenvalue weighted by molar-refractivity contribution is 0.0475. The fraction of sp³-hybridized carbons (Fsp3) is 0.350. The van der Waals surface area contributed by atoms with Gasteiger partial charge in [0.1, 0.15) is 0 Å². The molecule has 1 aromatic heterocycles. The third kappa shape index (κ3) is 3.40. The summed E-state index contributed by atoms with van der Waals surface area (Å²) >= 11 is 1.57. The first-order chi connectivity index (χ1) is 13.0. The molecule has 0 saturated carbocycles. The van der Waals surface area contributed by atoms with Gasteiger partial charge < -0.3 is 10.1 Å². The lowest BCUT2D eigenvalue weighted by Crippen LogP contribution is -2.36. The summed E-state index contributed by atoms with van der Waals surface area (Å²) in [7, 11) is 0. The fourth-order valence-electron chi connectivity index (χ4n) is 3.48. The summed E-state index contributed by atoms with van der Waals surface area (Å²) < 4.78 is 5.54. The van der Waals surface area contributed by atoms with Crippen molar-refractivity contribution in [2.24, 2.45) is 0 Å². The molecule has 2 aliphatic rings. The number of carbonyl (C=O) groups excluding carboxylic acids is 3. The maximum absolute atomic E-state index is 12.7. The Morgan fingerprint density at radius 2 is 2.11 bits per heavy atom. The molecule has 1 N–H and O–H groups in total. The lowest BCUT2D eigenvalue weighted by Gasteiger charge is -2.17. The second kappa shape index (κ2) is 7.25. The minimum Gasteiger partial charge on any atom is -0.376 e. The molecular formula is C20H20N2O4S. The molecule has 3 amide bonds. The molecule has 0 bridgehead atoms. The highest BCUT2D eigenvalue weighted by Gasteiger charge is 2.38. The van der Waals surface area contributed by atoms with E-state index in [4.69, 9.17) is 4.74 Å². The third-order valence-electron chi connectivity index (χ3n) is 4.96. The Morgan fingerprint density at radius 1 is 1.30 bits per heavy atom. The van der Waals surface area contributed by atoms with Gasteiger partial charge in [0.25, 0.3) is 17.7 Å². The van der Waals surface area contributed by atoms with Gasteiger partial charge in [-0.1, -0.05) is 6.07 Å². The number of hydrogen-bond acceptors (Lipinski definition) is 5. The van der Waals surface area contributed by atoms with E-state index in [-0.39, 0.29) is 42.0 Å². The minimum absolute atomic E-state index is 0.0957. The molecule has 0 radical (unpaired) electrons. The summed E-state index contributed by atoms with van der Waals surface area (Å²) in [5.41, 5.74) is 1.01. The summed E-state index contributed by atoms with van der Waals surface area (Å²) in [6, 6.07) is 8.45. The molecule has 1 aromatic carbocycles. The van der Waals surface area contributed by atoms with Crippen LogP contribution < -0.4 is 5.32 Å². The van der Waals surface area contributed by atoms with Crippen LogP contribution in [0.2, 0.25) is 0 Å². The Balaban J connectivity index is 1.51. The molecule has 1 saturated heterocycles. The standard InChI is InChI=1S/C20H20N2O4S/c1-12(17-5-3-9-27-17)21-18(23)13-6-7-15-16(10-13)20(25)22(19(15)24)11-14-4-2-8-26-14/h3,5-7,9-10,12,14H,2,4,8,11H2,1H3,(H,21,23). The van der Waals surface area contributed by atoms with E-state index in [2.05, 4.69) is 5.32 Å². The number of benzene rings is 1. The first kappa shape index (κ1) is 17.9. The zero-order valence-electron chi connectivity index (χ0n) is 14.9. The van der Waals surface area contributed by atoms with Crippen LogP contribution in [0.4, 0.5) is 0 Å². The molecule has 2 aromatic rings. The SMILES string of the molecule is CC(NC(=O)c1ccc2c(c1)C(=O)N(CC1CCCO1)C2=O)c1cccs1. The van der Waals surface area contributed by atoms with E-state index in [1.54, 1.807) is 23.5 Å². The minimum atomic E-state index is -0.355. The maximum atomic E-state index is 12.7. The molecule has 4 rings (SSSR count). The average Bonchev–Trinajstić information content (AvgIpc) is 3.41. The highest BCUT2D eigenvalue weighted by atomic mass is 32.1. The highest BCUT2D eigenvalue weighted by molar-refractivity contribution is 7.10. The molecule has 2 atom stereocenters. The van der Waals surface area contributed by atoms with Crippen LogP contribution in [0.25, 0.3) is 0 Å². The van der Waals surface area contributed by atoms with Crippen LogP contribution in [-0.4, -0.2) is 41.9 Å². The molecule has 3 heterocycles. The van der Waals surface area contributed by atoms with E-state index >= 15 is 0 Å². The van der Waals surface area contributed by atoms with E-state index in [1.807, 2.05) is 24.4 Å². The molecule has 0 aliphatic carbocycles. The number of hydrogen-bond donors (Lipinski definition) is 1. The van der Waals surface area contributed by atoms with Crippen molar-refractivity contribution in [3.05, 3.63) is 57.3 Å². The van der Waals surface area contributed by atoms with Gasteiger partial charge in [0.15, 0.2) is 0 Å². The van der Waals surface area contributed by atoms with Gasteiger partial charge >= 0.3 is 0 Å². The Morgan fingerprint density at radius 3 is 2.81 bits per heavy atom. The van der Waals surface area contributed by atoms with Crippen LogP contribution >= 0.6 is 11.3 Å². The van der Waals surface area contributed by atoms with Gasteiger partial charge in [-0.25, -0.2) is 0 Å². The summed E-state index contributed by atoms with van der Waals surface area (Å²) in [6.07, 6.45) is 1.70. The average molecular weight is 384 g/mol. The number of rotatable bonds is 5. The van der Waals surface area contributed by atoms with Crippen molar-refractivity contribution in [2.45, 2.75) is 31.9 Å². The second-order valence-electron chi connectivity index (χ2n) is 6.83. The number of carbonyl (C=O) groups is 3. The van der Waals surface area contributed by atoms with Crippen LogP contribution in [0.1, 0.15) is 61.8 Å². The molecule has 6 nitrogen and oxygen atoms in total. The van der Waals surface area contributed by atoms with Gasteiger partial charge in [0, 0.05) is 17.0 Å². The smallest absolute Gasteiger partial charge is 0.261 e. The first-order valence-electron chi connectivity index (χ1n) is 9.00. The molecule has 7 heteroatoms. The number of thiophene rings is 1. The second-order valence-corrected chi connectivity index (χ2v) is 7.81. The van der Waals surface area contributed by atoms with E-state index in [0.29, 0.717) is 17.7 Å². The van der Waals surface area contributed by atoms with Gasteiger partial charge in [-0.3, -0.25) is 19.3 Å². The largest absolute Gasteiger partial charge is 0.376 e. The summed E-state index contributed by atoms with van der Waals surface area (Å²) in [6.45, 7) is 2.85. The predicted molar refractivity (Wildman–Crippen MR) is 101 cm³/mol. The monoisotopic (exact) mass is 384 g/mol. The topological polar surface area (TPSA) is 75.7 Å². The maximum Gasteiger partial charge on any atom is 0.261 e. The molecule has 1 fully saturated rings. The Kier molecular flexibility index (Phi) is 4.80. The van der Waals surface area contributed by atoms with Crippen molar-refractivity contribution in [3.63, 3.8) is 0 Å². The number of fused-ring (bicyclic) bond motifs is 1. The van der Waals surface area contributed by atoms with Crippen molar-refractivity contribution < 1.29 is 19.1 Å². The van der Waals surface area contributed by atoms with Crippen LogP contribution in [-0.2, 0) is 4.74 Å². The molecule has 27 heavy (non-hydrogen) atoms. The highest BCUT2D eigenvalue weighted by Crippen LogP contribution is 2.26. The van der Waals surface area contributed by atoms with E-state index < -0.39 is 0 Å². The predicted octanol–water partition coefficient (Wildman–Crippen LogP) is 3.01.